The molecule has 15 heavy (non-hydrogen) atoms. The molecular formula is C11H10FN3. The predicted octanol–water partition coefficient (Wildman–Crippen LogP) is 2.23. The maximum absolute atomic E-state index is 13.5. The van der Waals surface area contributed by atoms with E-state index in [0.717, 1.165) is 12.8 Å². The number of rotatable bonds is 1. The zero-order valence-corrected chi connectivity index (χ0v) is 8.07. The van der Waals surface area contributed by atoms with E-state index in [1.807, 2.05) is 0 Å². The molecule has 0 bridgehead atoms. The molecule has 2 aromatic rings. The summed E-state index contributed by atoms with van der Waals surface area (Å²) in [6.07, 6.45) is 2.17. The fourth-order valence-electron chi connectivity index (χ4n) is 1.68. The Hall–Kier alpha value is -1.71. The highest BCUT2D eigenvalue weighted by molar-refractivity contribution is 5.88. The second-order valence-electron chi connectivity index (χ2n) is 3.88. The number of nitrogens with zero attached hydrogens (tertiary/aromatic N) is 2. The highest BCUT2D eigenvalue weighted by atomic mass is 19.1. The number of fused-ring (bicyclic) bond motifs is 1. The van der Waals surface area contributed by atoms with Gasteiger partial charge in [0, 0.05) is 11.3 Å². The van der Waals surface area contributed by atoms with Crippen LogP contribution >= 0.6 is 0 Å². The molecule has 1 heterocycles. The van der Waals surface area contributed by atoms with Gasteiger partial charge in [-0.25, -0.2) is 14.4 Å². The third-order valence-electron chi connectivity index (χ3n) is 2.67. The van der Waals surface area contributed by atoms with Crippen LogP contribution < -0.4 is 5.73 Å². The van der Waals surface area contributed by atoms with Crippen LogP contribution in [-0.4, -0.2) is 9.97 Å². The van der Waals surface area contributed by atoms with Gasteiger partial charge in [-0.15, -0.1) is 0 Å². The lowest BCUT2D eigenvalue weighted by molar-refractivity contribution is 0.635. The summed E-state index contributed by atoms with van der Waals surface area (Å²) in [5, 5.41) is 0.597. The minimum atomic E-state index is -0.330. The molecule has 1 aliphatic carbocycles. The lowest BCUT2D eigenvalue weighted by Gasteiger charge is -2.04. The summed E-state index contributed by atoms with van der Waals surface area (Å²) < 4.78 is 13.5. The normalized spacial score (nSPS) is 15.8. The topological polar surface area (TPSA) is 51.8 Å². The first kappa shape index (κ1) is 8.59. The van der Waals surface area contributed by atoms with Crippen LogP contribution in [0.3, 0.4) is 0 Å². The Labute approximate surface area is 86.1 Å². The molecule has 1 aliphatic rings. The molecule has 76 valence electrons. The van der Waals surface area contributed by atoms with Gasteiger partial charge in [-0.05, 0) is 25.0 Å². The summed E-state index contributed by atoms with van der Waals surface area (Å²) in [5.41, 5.74) is 6.11. The SMILES string of the molecule is Nc1nc(C2CC2)nc2c(F)cccc12. The molecule has 3 rings (SSSR count). The third-order valence-corrected chi connectivity index (χ3v) is 2.67. The van der Waals surface area contributed by atoms with Gasteiger partial charge >= 0.3 is 0 Å². The van der Waals surface area contributed by atoms with Gasteiger partial charge in [0.05, 0.1) is 0 Å². The molecule has 0 radical (unpaired) electrons. The summed E-state index contributed by atoms with van der Waals surface area (Å²) >= 11 is 0. The number of nitrogens with two attached hydrogens (primary N) is 1. The van der Waals surface area contributed by atoms with Gasteiger partial charge in [0.25, 0.3) is 0 Å². The number of hydrogen-bond acceptors (Lipinski definition) is 3. The standard InChI is InChI=1S/C11H10FN3/c12-8-3-1-2-7-9(8)14-11(6-4-5-6)15-10(7)13/h1-3,6H,4-5H2,(H2,13,14,15). The zero-order valence-electron chi connectivity index (χ0n) is 8.07. The number of aromatic nitrogens is 2. The van der Waals surface area contributed by atoms with Crippen molar-refractivity contribution in [2.75, 3.05) is 5.73 Å². The monoisotopic (exact) mass is 203 g/mol. The summed E-state index contributed by atoms with van der Waals surface area (Å²) in [4.78, 5) is 8.44. The highest BCUT2D eigenvalue weighted by Crippen LogP contribution is 2.39. The highest BCUT2D eigenvalue weighted by Gasteiger charge is 2.27. The Bertz CT molecular complexity index is 535. The molecule has 1 fully saturated rings. The fraction of sp³-hybridized carbons (Fsp3) is 0.273. The van der Waals surface area contributed by atoms with Crippen molar-refractivity contribution in [2.24, 2.45) is 0 Å². The molecule has 1 aromatic heterocycles. The molecule has 0 spiro atoms. The van der Waals surface area contributed by atoms with E-state index in [1.165, 1.54) is 6.07 Å². The molecule has 2 N–H and O–H groups in total. The first-order valence-electron chi connectivity index (χ1n) is 4.97. The molecule has 0 saturated heterocycles. The summed E-state index contributed by atoms with van der Waals surface area (Å²) in [7, 11) is 0. The average Bonchev–Trinajstić information content (AvgIpc) is 3.02. The molecule has 0 amide bonds. The largest absolute Gasteiger partial charge is 0.383 e. The van der Waals surface area contributed by atoms with Crippen molar-refractivity contribution in [3.63, 3.8) is 0 Å². The van der Waals surface area contributed by atoms with Gasteiger partial charge in [0.2, 0.25) is 0 Å². The van der Waals surface area contributed by atoms with E-state index in [2.05, 4.69) is 9.97 Å². The summed E-state index contributed by atoms with van der Waals surface area (Å²) in [5.74, 6) is 1.12. The number of hydrogen-bond donors (Lipinski definition) is 1. The lowest BCUT2D eigenvalue weighted by atomic mass is 10.2. The van der Waals surface area contributed by atoms with E-state index in [1.54, 1.807) is 12.1 Å². The van der Waals surface area contributed by atoms with Crippen LogP contribution in [0.1, 0.15) is 24.6 Å². The van der Waals surface area contributed by atoms with Crippen LogP contribution in [0.15, 0.2) is 18.2 Å². The van der Waals surface area contributed by atoms with Gasteiger partial charge in [-0.1, -0.05) is 6.07 Å². The summed E-state index contributed by atoms with van der Waals surface area (Å²) in [6, 6.07) is 4.75. The van der Waals surface area contributed by atoms with Crippen LogP contribution in [0.4, 0.5) is 10.2 Å². The maximum atomic E-state index is 13.5. The minimum Gasteiger partial charge on any atom is -0.383 e. The van der Waals surface area contributed by atoms with Crippen LogP contribution in [-0.2, 0) is 0 Å². The molecule has 1 saturated carbocycles. The molecule has 1 aromatic carbocycles. The molecule has 3 nitrogen and oxygen atoms in total. The van der Waals surface area contributed by atoms with Crippen molar-refractivity contribution in [3.05, 3.63) is 29.8 Å². The van der Waals surface area contributed by atoms with E-state index < -0.39 is 0 Å². The van der Waals surface area contributed by atoms with Crippen LogP contribution in [0, 0.1) is 5.82 Å². The van der Waals surface area contributed by atoms with Gasteiger partial charge in [0.15, 0.2) is 0 Å². The van der Waals surface area contributed by atoms with E-state index in [4.69, 9.17) is 5.73 Å². The van der Waals surface area contributed by atoms with Crippen LogP contribution in [0.25, 0.3) is 10.9 Å². The molecule has 0 aliphatic heterocycles. The van der Waals surface area contributed by atoms with Crippen LogP contribution in [0.2, 0.25) is 0 Å². The van der Waals surface area contributed by atoms with Crippen molar-refractivity contribution in [1.29, 1.82) is 0 Å². The third kappa shape index (κ3) is 1.33. The summed E-state index contributed by atoms with van der Waals surface area (Å²) in [6.45, 7) is 0. The Morgan fingerprint density at radius 2 is 2.07 bits per heavy atom. The van der Waals surface area contributed by atoms with Gasteiger partial charge in [0.1, 0.15) is 23.0 Å². The smallest absolute Gasteiger partial charge is 0.149 e. The van der Waals surface area contributed by atoms with Crippen molar-refractivity contribution in [1.82, 2.24) is 9.97 Å². The number of benzene rings is 1. The second-order valence-corrected chi connectivity index (χ2v) is 3.88. The van der Waals surface area contributed by atoms with Gasteiger partial charge in [-0.2, -0.15) is 0 Å². The Kier molecular flexibility index (Phi) is 1.65. The number of halogens is 1. The zero-order chi connectivity index (χ0) is 10.4. The molecular weight excluding hydrogens is 193 g/mol. The van der Waals surface area contributed by atoms with Crippen molar-refractivity contribution in [3.8, 4) is 0 Å². The van der Waals surface area contributed by atoms with E-state index in [9.17, 15) is 4.39 Å². The molecule has 4 heteroatoms. The van der Waals surface area contributed by atoms with Gasteiger partial charge in [-0.3, -0.25) is 0 Å². The van der Waals surface area contributed by atoms with Crippen molar-refractivity contribution >= 4 is 16.7 Å². The minimum absolute atomic E-state index is 0.330. The Morgan fingerprint density at radius 1 is 1.27 bits per heavy atom. The van der Waals surface area contributed by atoms with Crippen molar-refractivity contribution in [2.45, 2.75) is 18.8 Å². The lowest BCUT2D eigenvalue weighted by Crippen LogP contribution is -2.00. The van der Waals surface area contributed by atoms with Gasteiger partial charge < -0.3 is 5.73 Å². The van der Waals surface area contributed by atoms with E-state index in [-0.39, 0.29) is 5.82 Å². The Morgan fingerprint density at radius 3 is 2.80 bits per heavy atom. The predicted molar refractivity (Wildman–Crippen MR) is 55.9 cm³/mol. The molecule has 0 atom stereocenters. The number of anilines is 1. The second kappa shape index (κ2) is 2.89. The average molecular weight is 203 g/mol. The molecule has 0 unspecified atom stereocenters. The number of nitrogen functional groups attached to an aromatic ring is 1. The van der Waals surface area contributed by atoms with Crippen molar-refractivity contribution < 1.29 is 4.39 Å². The van der Waals surface area contributed by atoms with E-state index in [0.29, 0.717) is 28.5 Å². The fourth-order valence-corrected chi connectivity index (χ4v) is 1.68. The first-order valence-corrected chi connectivity index (χ1v) is 4.97. The van der Waals surface area contributed by atoms with Crippen LogP contribution in [0.5, 0.6) is 0 Å². The quantitative estimate of drug-likeness (QED) is 0.773. The number of para-hydroxylation sites is 1. The first-order chi connectivity index (χ1) is 7.25. The van der Waals surface area contributed by atoms with E-state index >= 15 is 0 Å². The maximum Gasteiger partial charge on any atom is 0.149 e. The Balaban J connectivity index is 2.32.